The predicted molar refractivity (Wildman–Crippen MR) is 109 cm³/mol. The average molecular weight is 417 g/mol. The van der Waals surface area contributed by atoms with E-state index in [9.17, 15) is 18.0 Å². The first-order chi connectivity index (χ1) is 14.3. The Hall–Kier alpha value is -2.87. The molecule has 1 aromatic heterocycles. The molecule has 1 fully saturated rings. The number of nitrogens with zero attached hydrogens (tertiary/aromatic N) is 3. The van der Waals surface area contributed by atoms with Crippen LogP contribution in [0.15, 0.2) is 47.3 Å². The Bertz CT molecular complexity index is 1140. The van der Waals surface area contributed by atoms with Crippen molar-refractivity contribution in [2.75, 3.05) is 25.2 Å². The van der Waals surface area contributed by atoms with Gasteiger partial charge in [0, 0.05) is 19.0 Å². The first-order valence-electron chi connectivity index (χ1n) is 9.77. The molecule has 1 atom stereocenters. The molecule has 5 nitrogen and oxygen atoms in total. The van der Waals surface area contributed by atoms with E-state index >= 15 is 0 Å². The summed E-state index contributed by atoms with van der Waals surface area (Å²) in [6, 6.07) is 10.6. The molecule has 0 saturated carbocycles. The van der Waals surface area contributed by atoms with Crippen LogP contribution in [-0.2, 0) is 10.9 Å². The highest BCUT2D eigenvalue weighted by Crippen LogP contribution is 2.35. The second-order valence-electron chi connectivity index (χ2n) is 7.51. The van der Waals surface area contributed by atoms with Crippen molar-refractivity contribution >= 4 is 16.7 Å². The smallest absolute Gasteiger partial charge is 0.383 e. The number of ether oxygens (including phenoxy) is 1. The van der Waals surface area contributed by atoms with Crippen molar-refractivity contribution in [1.82, 2.24) is 9.55 Å². The number of fused-ring (bicyclic) bond motifs is 1. The predicted octanol–water partition coefficient (Wildman–Crippen LogP) is 4.33. The molecule has 0 aliphatic carbocycles. The van der Waals surface area contributed by atoms with Crippen LogP contribution in [0, 0.1) is 6.92 Å². The van der Waals surface area contributed by atoms with Crippen LogP contribution < -0.4 is 10.6 Å². The molecule has 158 valence electrons. The Kier molecular flexibility index (Phi) is 5.27. The summed E-state index contributed by atoms with van der Waals surface area (Å²) in [7, 11) is 1.60. The summed E-state index contributed by atoms with van der Waals surface area (Å²) in [5.41, 5.74) is 0.0714. The van der Waals surface area contributed by atoms with Crippen LogP contribution in [0.4, 0.5) is 19.0 Å². The Labute approximate surface area is 171 Å². The van der Waals surface area contributed by atoms with E-state index in [0.717, 1.165) is 30.5 Å². The van der Waals surface area contributed by atoms with Crippen molar-refractivity contribution in [1.29, 1.82) is 0 Å². The third-order valence-corrected chi connectivity index (χ3v) is 5.56. The molecule has 1 saturated heterocycles. The number of alkyl halides is 3. The van der Waals surface area contributed by atoms with Gasteiger partial charge in [-0.05, 0) is 49.6 Å². The molecular formula is C22H22F3N3O2. The Morgan fingerprint density at radius 1 is 1.20 bits per heavy atom. The molecule has 0 amide bonds. The topological polar surface area (TPSA) is 47.4 Å². The van der Waals surface area contributed by atoms with Crippen molar-refractivity contribution in [3.05, 3.63) is 64.1 Å². The van der Waals surface area contributed by atoms with Crippen LogP contribution in [0.1, 0.15) is 24.0 Å². The number of halogens is 3. The van der Waals surface area contributed by atoms with E-state index < -0.39 is 17.4 Å². The molecule has 0 bridgehead atoms. The molecule has 8 heteroatoms. The van der Waals surface area contributed by atoms with Crippen LogP contribution in [0.5, 0.6) is 0 Å². The highest BCUT2D eigenvalue weighted by molar-refractivity contribution is 5.91. The zero-order valence-electron chi connectivity index (χ0n) is 16.7. The van der Waals surface area contributed by atoms with E-state index in [-0.39, 0.29) is 11.6 Å². The first kappa shape index (κ1) is 20.4. The van der Waals surface area contributed by atoms with Crippen LogP contribution in [-0.4, -0.2) is 35.9 Å². The van der Waals surface area contributed by atoms with Gasteiger partial charge < -0.3 is 9.64 Å². The molecule has 1 aliphatic rings. The summed E-state index contributed by atoms with van der Waals surface area (Å²) in [6.45, 7) is 2.94. The largest absolute Gasteiger partial charge is 0.416 e. The zero-order valence-corrected chi connectivity index (χ0v) is 16.7. The molecule has 0 radical (unpaired) electrons. The minimum atomic E-state index is -4.52. The van der Waals surface area contributed by atoms with Crippen LogP contribution in [0.3, 0.4) is 0 Å². The second kappa shape index (κ2) is 7.75. The number of rotatable bonds is 4. The third kappa shape index (κ3) is 3.56. The highest BCUT2D eigenvalue weighted by Gasteiger charge is 2.33. The molecule has 4 rings (SSSR count). The third-order valence-electron chi connectivity index (χ3n) is 5.56. The molecule has 1 unspecified atom stereocenters. The fourth-order valence-corrected chi connectivity index (χ4v) is 4.13. The quantitative estimate of drug-likeness (QED) is 0.634. The standard InChI is InChI=1S/C22H22F3N3O2/c1-14-6-3-4-8-18(14)28-19-12-15(22(23,24)25)9-10-17(19)20(26-21(28)29)27-11-5-7-16(27)13-30-2/h3-4,6,8-10,12,16H,5,7,11,13H2,1-2H3. The Balaban J connectivity index is 2.02. The lowest BCUT2D eigenvalue weighted by Crippen LogP contribution is -2.36. The normalized spacial score (nSPS) is 17.1. The molecule has 1 aliphatic heterocycles. The number of hydrogen-bond donors (Lipinski definition) is 0. The van der Waals surface area contributed by atoms with Crippen molar-refractivity contribution < 1.29 is 17.9 Å². The Morgan fingerprint density at radius 2 is 1.97 bits per heavy atom. The maximum Gasteiger partial charge on any atom is 0.416 e. The van der Waals surface area contributed by atoms with Gasteiger partial charge in [-0.15, -0.1) is 0 Å². The van der Waals surface area contributed by atoms with E-state index in [4.69, 9.17) is 4.74 Å². The fourth-order valence-electron chi connectivity index (χ4n) is 4.13. The van der Waals surface area contributed by atoms with E-state index in [2.05, 4.69) is 4.98 Å². The zero-order chi connectivity index (χ0) is 21.5. The monoisotopic (exact) mass is 417 g/mol. The second-order valence-corrected chi connectivity index (χ2v) is 7.51. The minimum absolute atomic E-state index is 0.0294. The van der Waals surface area contributed by atoms with Crippen LogP contribution in [0.2, 0.25) is 0 Å². The summed E-state index contributed by atoms with van der Waals surface area (Å²) in [5.74, 6) is 0.410. The molecule has 30 heavy (non-hydrogen) atoms. The summed E-state index contributed by atoms with van der Waals surface area (Å²) in [6.07, 6.45) is -2.74. The lowest BCUT2D eigenvalue weighted by molar-refractivity contribution is -0.137. The van der Waals surface area contributed by atoms with E-state index in [1.807, 2.05) is 24.0 Å². The number of benzene rings is 2. The summed E-state index contributed by atoms with van der Waals surface area (Å²) in [5, 5.41) is 0.508. The molecule has 2 aromatic carbocycles. The van der Waals surface area contributed by atoms with Gasteiger partial charge in [0.1, 0.15) is 5.82 Å². The number of aromatic nitrogens is 2. The molecular weight excluding hydrogens is 395 g/mol. The fraction of sp³-hybridized carbons (Fsp3) is 0.364. The molecule has 2 heterocycles. The molecule has 0 N–H and O–H groups in total. The number of para-hydroxylation sites is 1. The summed E-state index contributed by atoms with van der Waals surface area (Å²) in [4.78, 5) is 19.4. The number of anilines is 1. The van der Waals surface area contributed by atoms with E-state index in [1.165, 1.54) is 10.6 Å². The average Bonchev–Trinajstić information content (AvgIpc) is 3.15. The van der Waals surface area contributed by atoms with Crippen molar-refractivity contribution in [3.63, 3.8) is 0 Å². The Morgan fingerprint density at radius 3 is 2.67 bits per heavy atom. The molecule has 3 aromatic rings. The van der Waals surface area contributed by atoms with Gasteiger partial charge in [-0.25, -0.2) is 4.79 Å². The van der Waals surface area contributed by atoms with Crippen molar-refractivity contribution in [3.8, 4) is 5.69 Å². The van der Waals surface area contributed by atoms with E-state index in [1.54, 1.807) is 19.2 Å². The van der Waals surface area contributed by atoms with Gasteiger partial charge in [0.2, 0.25) is 0 Å². The number of methoxy groups -OCH3 is 1. The van der Waals surface area contributed by atoms with Gasteiger partial charge in [-0.3, -0.25) is 4.57 Å². The van der Waals surface area contributed by atoms with Crippen molar-refractivity contribution in [2.24, 2.45) is 0 Å². The SMILES string of the molecule is COCC1CCCN1c1nc(=O)n(-c2ccccc2C)c2cc(C(F)(F)F)ccc12. The van der Waals surface area contributed by atoms with Gasteiger partial charge >= 0.3 is 11.9 Å². The lowest BCUT2D eigenvalue weighted by Gasteiger charge is -2.27. The highest BCUT2D eigenvalue weighted by atomic mass is 19.4. The van der Waals surface area contributed by atoms with E-state index in [0.29, 0.717) is 30.0 Å². The van der Waals surface area contributed by atoms with Crippen LogP contribution in [0.25, 0.3) is 16.6 Å². The van der Waals surface area contributed by atoms with Gasteiger partial charge in [0.25, 0.3) is 0 Å². The summed E-state index contributed by atoms with van der Waals surface area (Å²) >= 11 is 0. The van der Waals surface area contributed by atoms with Crippen molar-refractivity contribution in [2.45, 2.75) is 32.0 Å². The minimum Gasteiger partial charge on any atom is -0.383 e. The van der Waals surface area contributed by atoms with Gasteiger partial charge in [0.15, 0.2) is 0 Å². The van der Waals surface area contributed by atoms with Gasteiger partial charge in [-0.1, -0.05) is 18.2 Å². The lowest BCUT2D eigenvalue weighted by atomic mass is 10.1. The summed E-state index contributed by atoms with van der Waals surface area (Å²) < 4.78 is 47.0. The van der Waals surface area contributed by atoms with Gasteiger partial charge in [-0.2, -0.15) is 18.2 Å². The maximum absolute atomic E-state index is 13.5. The maximum atomic E-state index is 13.5. The number of hydrogen-bond acceptors (Lipinski definition) is 4. The number of aryl methyl sites for hydroxylation is 1. The molecule has 0 spiro atoms. The van der Waals surface area contributed by atoms with Crippen LogP contribution >= 0.6 is 0 Å². The first-order valence-corrected chi connectivity index (χ1v) is 9.77. The van der Waals surface area contributed by atoms with Gasteiger partial charge in [0.05, 0.1) is 29.4 Å².